The summed E-state index contributed by atoms with van der Waals surface area (Å²) in [5.41, 5.74) is -0.150. The minimum Gasteiger partial charge on any atom is -0.356 e. The second-order valence-corrected chi connectivity index (χ2v) is 4.27. The summed E-state index contributed by atoms with van der Waals surface area (Å²) < 4.78 is 0. The maximum absolute atomic E-state index is 11.8. The summed E-state index contributed by atoms with van der Waals surface area (Å²) in [6.07, 6.45) is 5.21. The van der Waals surface area contributed by atoms with E-state index in [2.05, 4.69) is 33.0 Å². The molecule has 0 rings (SSSR count). The minimum absolute atomic E-state index is 0.150. The van der Waals surface area contributed by atoms with Gasteiger partial charge in [0.25, 0.3) is 0 Å². The van der Waals surface area contributed by atoms with Crippen LogP contribution in [0, 0.1) is 5.41 Å². The number of carbonyl (C=O) groups is 1. The standard InChI is InChI=1S/C12H25NO.C2H6/c1-5-8-10-13-11(14)12(4,7-3)9-6-2;1-2/h5-10H2,1-4H3,(H,13,14);1-2H3. The van der Waals surface area contributed by atoms with Crippen molar-refractivity contribution in [2.75, 3.05) is 6.54 Å². The van der Waals surface area contributed by atoms with Gasteiger partial charge in [-0.15, -0.1) is 0 Å². The smallest absolute Gasteiger partial charge is 0.225 e. The highest BCUT2D eigenvalue weighted by Crippen LogP contribution is 2.27. The summed E-state index contributed by atoms with van der Waals surface area (Å²) >= 11 is 0. The van der Waals surface area contributed by atoms with E-state index in [-0.39, 0.29) is 11.3 Å². The summed E-state index contributed by atoms with van der Waals surface area (Å²) in [6.45, 7) is 13.3. The molecule has 1 N–H and O–H groups in total. The van der Waals surface area contributed by atoms with Gasteiger partial charge in [0, 0.05) is 12.0 Å². The van der Waals surface area contributed by atoms with E-state index in [4.69, 9.17) is 0 Å². The molecule has 1 atom stereocenters. The molecule has 2 heteroatoms. The fraction of sp³-hybridized carbons (Fsp3) is 0.929. The number of hydrogen-bond donors (Lipinski definition) is 1. The van der Waals surface area contributed by atoms with Gasteiger partial charge in [0.2, 0.25) is 5.91 Å². The molecule has 1 amide bonds. The van der Waals surface area contributed by atoms with Crippen molar-refractivity contribution in [1.29, 1.82) is 0 Å². The average molecular weight is 229 g/mol. The number of nitrogens with one attached hydrogen (secondary N) is 1. The van der Waals surface area contributed by atoms with Crippen LogP contribution >= 0.6 is 0 Å². The molecule has 16 heavy (non-hydrogen) atoms. The molecule has 1 unspecified atom stereocenters. The molecule has 0 aromatic carbocycles. The second-order valence-electron chi connectivity index (χ2n) is 4.27. The lowest BCUT2D eigenvalue weighted by atomic mass is 9.82. The molecular formula is C14H31NO. The van der Waals surface area contributed by atoms with Crippen LogP contribution in [0.2, 0.25) is 0 Å². The number of unbranched alkanes of at least 4 members (excludes halogenated alkanes) is 1. The highest BCUT2D eigenvalue weighted by molar-refractivity contribution is 5.82. The summed E-state index contributed by atoms with van der Waals surface area (Å²) in [5.74, 6) is 0.232. The molecule has 0 aliphatic heterocycles. The summed E-state index contributed by atoms with van der Waals surface area (Å²) in [5, 5.41) is 3.02. The first-order valence-electron chi connectivity index (χ1n) is 6.89. The first-order valence-corrected chi connectivity index (χ1v) is 6.89. The molecule has 0 saturated heterocycles. The fourth-order valence-electron chi connectivity index (χ4n) is 1.59. The monoisotopic (exact) mass is 229 g/mol. The van der Waals surface area contributed by atoms with Gasteiger partial charge >= 0.3 is 0 Å². The molecule has 0 aromatic heterocycles. The highest BCUT2D eigenvalue weighted by Gasteiger charge is 2.29. The van der Waals surface area contributed by atoms with Crippen molar-refractivity contribution in [3.05, 3.63) is 0 Å². The van der Waals surface area contributed by atoms with Gasteiger partial charge in [-0.3, -0.25) is 4.79 Å². The predicted molar refractivity (Wildman–Crippen MR) is 72.6 cm³/mol. The number of carbonyl (C=O) groups excluding carboxylic acids is 1. The largest absolute Gasteiger partial charge is 0.356 e. The Balaban J connectivity index is 0. The van der Waals surface area contributed by atoms with Crippen LogP contribution in [0.25, 0.3) is 0 Å². The van der Waals surface area contributed by atoms with E-state index < -0.39 is 0 Å². The Morgan fingerprint density at radius 2 is 1.69 bits per heavy atom. The van der Waals surface area contributed by atoms with Crippen LogP contribution in [0.4, 0.5) is 0 Å². The molecule has 0 aliphatic rings. The quantitative estimate of drug-likeness (QED) is 0.653. The normalized spacial score (nSPS) is 13.4. The molecule has 0 heterocycles. The van der Waals surface area contributed by atoms with Gasteiger partial charge in [-0.2, -0.15) is 0 Å². The molecule has 98 valence electrons. The van der Waals surface area contributed by atoms with Crippen LogP contribution in [-0.4, -0.2) is 12.5 Å². The molecule has 0 aliphatic carbocycles. The zero-order valence-corrected chi connectivity index (χ0v) is 12.2. The predicted octanol–water partition coefficient (Wildman–Crippen LogP) is 4.15. The van der Waals surface area contributed by atoms with Gasteiger partial charge in [0.15, 0.2) is 0 Å². The first-order chi connectivity index (χ1) is 7.60. The molecule has 2 nitrogen and oxygen atoms in total. The van der Waals surface area contributed by atoms with Crippen molar-refractivity contribution in [3.63, 3.8) is 0 Å². The van der Waals surface area contributed by atoms with Crippen LogP contribution in [0.15, 0.2) is 0 Å². The SMILES string of the molecule is CC.CCCCNC(=O)C(C)(CC)CCC. The van der Waals surface area contributed by atoms with Gasteiger partial charge in [-0.25, -0.2) is 0 Å². The summed E-state index contributed by atoms with van der Waals surface area (Å²) in [7, 11) is 0. The van der Waals surface area contributed by atoms with Gasteiger partial charge < -0.3 is 5.32 Å². The molecular weight excluding hydrogens is 198 g/mol. The summed E-state index contributed by atoms with van der Waals surface area (Å²) in [4.78, 5) is 11.8. The van der Waals surface area contributed by atoms with E-state index in [0.29, 0.717) is 0 Å². The molecule has 0 radical (unpaired) electrons. The average Bonchev–Trinajstić information content (AvgIpc) is 2.32. The Morgan fingerprint density at radius 1 is 1.12 bits per heavy atom. The van der Waals surface area contributed by atoms with E-state index in [9.17, 15) is 4.79 Å². The van der Waals surface area contributed by atoms with Gasteiger partial charge in [-0.1, -0.05) is 54.4 Å². The van der Waals surface area contributed by atoms with Crippen molar-refractivity contribution in [2.24, 2.45) is 5.41 Å². The lowest BCUT2D eigenvalue weighted by Gasteiger charge is -2.26. The lowest BCUT2D eigenvalue weighted by molar-refractivity contribution is -0.130. The Morgan fingerprint density at radius 3 is 2.06 bits per heavy atom. The zero-order chi connectivity index (χ0) is 13.0. The Bertz CT molecular complexity index is 168. The third kappa shape index (κ3) is 6.86. The van der Waals surface area contributed by atoms with Crippen molar-refractivity contribution in [3.8, 4) is 0 Å². The van der Waals surface area contributed by atoms with Crippen molar-refractivity contribution < 1.29 is 4.79 Å². The van der Waals surface area contributed by atoms with E-state index in [0.717, 1.165) is 38.6 Å². The Labute approximate surface area is 102 Å². The maximum atomic E-state index is 11.8. The zero-order valence-electron chi connectivity index (χ0n) is 12.2. The molecule has 0 aromatic rings. The number of hydrogen-bond acceptors (Lipinski definition) is 1. The molecule has 0 bridgehead atoms. The van der Waals surface area contributed by atoms with Gasteiger partial charge in [0.05, 0.1) is 0 Å². The van der Waals surface area contributed by atoms with Crippen molar-refractivity contribution in [2.45, 2.75) is 73.6 Å². The Hall–Kier alpha value is -0.530. The van der Waals surface area contributed by atoms with Crippen LogP contribution in [0.3, 0.4) is 0 Å². The molecule has 0 saturated carbocycles. The van der Waals surface area contributed by atoms with Crippen LogP contribution in [0.1, 0.15) is 73.6 Å². The summed E-state index contributed by atoms with van der Waals surface area (Å²) in [6, 6.07) is 0. The van der Waals surface area contributed by atoms with Crippen molar-refractivity contribution in [1.82, 2.24) is 5.32 Å². The minimum atomic E-state index is -0.150. The molecule has 0 spiro atoms. The van der Waals surface area contributed by atoms with Crippen LogP contribution in [0.5, 0.6) is 0 Å². The fourth-order valence-corrected chi connectivity index (χ4v) is 1.59. The third-order valence-corrected chi connectivity index (χ3v) is 2.95. The Kier molecular flexibility index (Phi) is 12.2. The van der Waals surface area contributed by atoms with Gasteiger partial charge in [-0.05, 0) is 19.3 Å². The second kappa shape index (κ2) is 11.0. The van der Waals surface area contributed by atoms with Crippen molar-refractivity contribution >= 4 is 5.91 Å². The van der Waals surface area contributed by atoms with Crippen LogP contribution in [-0.2, 0) is 4.79 Å². The van der Waals surface area contributed by atoms with Gasteiger partial charge in [0.1, 0.15) is 0 Å². The highest BCUT2D eigenvalue weighted by atomic mass is 16.2. The van der Waals surface area contributed by atoms with Crippen LogP contribution < -0.4 is 5.32 Å². The number of rotatable bonds is 7. The molecule has 0 fully saturated rings. The topological polar surface area (TPSA) is 29.1 Å². The van der Waals surface area contributed by atoms with E-state index in [1.165, 1.54) is 0 Å². The number of amides is 1. The van der Waals surface area contributed by atoms with E-state index in [1.54, 1.807) is 0 Å². The third-order valence-electron chi connectivity index (χ3n) is 2.95. The van der Waals surface area contributed by atoms with E-state index in [1.807, 2.05) is 13.8 Å². The first kappa shape index (κ1) is 17.9. The maximum Gasteiger partial charge on any atom is 0.225 e. The van der Waals surface area contributed by atoms with E-state index >= 15 is 0 Å². The lowest BCUT2D eigenvalue weighted by Crippen LogP contribution is -2.38.